The minimum Gasteiger partial charge on any atom is -0.445 e. The van der Waals surface area contributed by atoms with E-state index in [1.54, 1.807) is 12.1 Å². The van der Waals surface area contributed by atoms with Crippen molar-refractivity contribution in [2.75, 3.05) is 0 Å². The highest BCUT2D eigenvalue weighted by Gasteiger charge is 2.43. The zero-order valence-corrected chi connectivity index (χ0v) is 14.7. The van der Waals surface area contributed by atoms with E-state index in [9.17, 15) is 9.59 Å². The molecule has 0 fully saturated rings. The lowest BCUT2D eigenvalue weighted by atomic mass is 9.69. The monoisotopic (exact) mass is 345 g/mol. The molecule has 1 aromatic carbocycles. The van der Waals surface area contributed by atoms with Crippen LogP contribution in [-0.4, -0.2) is 11.6 Å². The average Bonchev–Trinajstić information content (AvgIpc) is 2.44. The molecule has 2 aliphatic rings. The van der Waals surface area contributed by atoms with Gasteiger partial charge in [-0.2, -0.15) is 0 Å². The summed E-state index contributed by atoms with van der Waals surface area (Å²) < 4.78 is 5.71. The van der Waals surface area contributed by atoms with Gasteiger partial charge in [0, 0.05) is 29.4 Å². The molecule has 0 radical (unpaired) electrons. The third kappa shape index (κ3) is 2.86. The third-order valence-corrected chi connectivity index (χ3v) is 4.79. The van der Waals surface area contributed by atoms with E-state index in [2.05, 4.69) is 0 Å². The highest BCUT2D eigenvalue weighted by atomic mass is 35.5. The number of rotatable bonds is 2. The first-order valence-electron chi connectivity index (χ1n) is 7.90. The first-order chi connectivity index (χ1) is 11.2. The molecule has 2 N–H and O–H groups in total. The van der Waals surface area contributed by atoms with E-state index < -0.39 is 5.92 Å². The summed E-state index contributed by atoms with van der Waals surface area (Å²) >= 11 is 5.97. The smallest absolute Gasteiger partial charge is 0.198 e. The quantitative estimate of drug-likeness (QED) is 0.883. The lowest BCUT2D eigenvalue weighted by molar-refractivity contribution is -0.119. The molecule has 0 bridgehead atoms. The van der Waals surface area contributed by atoms with E-state index in [0.717, 1.165) is 5.56 Å². The maximum absolute atomic E-state index is 12.8. The minimum atomic E-state index is -0.493. The predicted molar refractivity (Wildman–Crippen MR) is 92.2 cm³/mol. The first-order valence-corrected chi connectivity index (χ1v) is 8.27. The largest absolute Gasteiger partial charge is 0.445 e. The van der Waals surface area contributed by atoms with Gasteiger partial charge in [0.15, 0.2) is 17.4 Å². The van der Waals surface area contributed by atoms with Crippen LogP contribution in [-0.2, 0) is 14.3 Å². The van der Waals surface area contributed by atoms with Crippen LogP contribution >= 0.6 is 11.6 Å². The molecule has 1 heterocycles. The summed E-state index contributed by atoms with van der Waals surface area (Å²) in [6.07, 6.45) is 1.04. The Hall–Kier alpha value is -2.07. The Morgan fingerprint density at radius 2 is 1.88 bits per heavy atom. The molecule has 24 heavy (non-hydrogen) atoms. The molecule has 3 rings (SSSR count). The van der Waals surface area contributed by atoms with Gasteiger partial charge in [-0.1, -0.05) is 37.6 Å². The van der Waals surface area contributed by atoms with Crippen molar-refractivity contribution in [3.63, 3.8) is 0 Å². The average molecular weight is 346 g/mol. The zero-order valence-electron chi connectivity index (χ0n) is 14.0. The Morgan fingerprint density at radius 1 is 1.25 bits per heavy atom. The van der Waals surface area contributed by atoms with Gasteiger partial charge in [0.25, 0.3) is 0 Å². The van der Waals surface area contributed by atoms with Crippen LogP contribution in [0.25, 0.3) is 0 Å². The van der Waals surface area contributed by atoms with Crippen LogP contribution in [0.1, 0.15) is 45.1 Å². The number of allylic oxidation sites excluding steroid dienone is 3. The van der Waals surface area contributed by atoms with E-state index in [1.807, 2.05) is 26.0 Å². The lowest BCUT2D eigenvalue weighted by Crippen LogP contribution is -2.35. The fourth-order valence-corrected chi connectivity index (χ4v) is 3.66. The summed E-state index contributed by atoms with van der Waals surface area (Å²) in [5.74, 6) is -0.0124. The van der Waals surface area contributed by atoms with Crippen molar-refractivity contribution in [1.29, 1.82) is 0 Å². The van der Waals surface area contributed by atoms with Crippen molar-refractivity contribution < 1.29 is 14.3 Å². The standard InChI is InChI=1S/C19H20ClNO3/c1-10(22)15-16(11-4-6-12(20)7-5-11)17-13(23)8-19(2,3)9-14(17)24-18(15)21/h4-7,16H,8-9,21H2,1-3H3. The SMILES string of the molecule is CC(=O)C1=C(N)OC2=C(C(=O)CC(C)(C)C2)C1c1ccc(Cl)cc1. The topological polar surface area (TPSA) is 69.4 Å². The van der Waals surface area contributed by atoms with Gasteiger partial charge in [0.1, 0.15) is 5.76 Å². The second-order valence-electron chi connectivity index (χ2n) is 7.20. The third-order valence-electron chi connectivity index (χ3n) is 4.54. The maximum atomic E-state index is 12.8. The summed E-state index contributed by atoms with van der Waals surface area (Å²) in [5.41, 5.74) is 7.56. The molecule has 0 aromatic heterocycles. The van der Waals surface area contributed by atoms with Gasteiger partial charge < -0.3 is 10.5 Å². The van der Waals surface area contributed by atoms with Gasteiger partial charge >= 0.3 is 0 Å². The van der Waals surface area contributed by atoms with Crippen molar-refractivity contribution in [1.82, 2.24) is 0 Å². The Kier molecular flexibility index (Phi) is 4.04. The molecule has 126 valence electrons. The predicted octanol–water partition coefficient (Wildman–Crippen LogP) is 3.86. The van der Waals surface area contributed by atoms with E-state index in [1.165, 1.54) is 6.92 Å². The molecule has 0 saturated carbocycles. The zero-order chi connectivity index (χ0) is 17.6. The molecule has 1 aliphatic heterocycles. The number of carbonyl (C=O) groups is 2. The normalized spacial score (nSPS) is 23.0. The number of halogens is 1. The van der Waals surface area contributed by atoms with Gasteiger partial charge in [-0.05, 0) is 30.0 Å². The van der Waals surface area contributed by atoms with Crippen LogP contribution in [0.2, 0.25) is 5.02 Å². The molecule has 4 nitrogen and oxygen atoms in total. The van der Waals surface area contributed by atoms with E-state index in [4.69, 9.17) is 22.1 Å². The summed E-state index contributed by atoms with van der Waals surface area (Å²) in [5, 5.41) is 0.595. The Morgan fingerprint density at radius 3 is 2.46 bits per heavy atom. The number of benzene rings is 1. The number of carbonyl (C=O) groups excluding carboxylic acids is 2. The number of hydrogen-bond donors (Lipinski definition) is 1. The number of ketones is 2. The number of hydrogen-bond acceptors (Lipinski definition) is 4. The highest BCUT2D eigenvalue weighted by molar-refractivity contribution is 6.30. The molecule has 1 unspecified atom stereocenters. The second-order valence-corrected chi connectivity index (χ2v) is 7.63. The minimum absolute atomic E-state index is 0.00690. The molecule has 0 saturated heterocycles. The molecule has 1 aliphatic carbocycles. The van der Waals surface area contributed by atoms with Crippen LogP contribution in [0.5, 0.6) is 0 Å². The van der Waals surface area contributed by atoms with Crippen LogP contribution < -0.4 is 5.73 Å². The van der Waals surface area contributed by atoms with Gasteiger partial charge in [-0.3, -0.25) is 9.59 Å². The molecule has 0 amide bonds. The summed E-state index contributed by atoms with van der Waals surface area (Å²) in [4.78, 5) is 25.0. The van der Waals surface area contributed by atoms with Crippen LogP contribution in [0.3, 0.4) is 0 Å². The van der Waals surface area contributed by atoms with Crippen LogP contribution in [0.4, 0.5) is 0 Å². The molecular formula is C19H20ClNO3. The van der Waals surface area contributed by atoms with Gasteiger partial charge in [-0.15, -0.1) is 0 Å². The van der Waals surface area contributed by atoms with Crippen LogP contribution in [0, 0.1) is 5.41 Å². The van der Waals surface area contributed by atoms with Crippen LogP contribution in [0.15, 0.2) is 47.1 Å². The highest BCUT2D eigenvalue weighted by Crippen LogP contribution is 2.48. The lowest BCUT2D eigenvalue weighted by Gasteiger charge is -2.38. The summed E-state index contributed by atoms with van der Waals surface area (Å²) in [6.45, 7) is 5.49. The Balaban J connectivity index is 2.19. The number of ether oxygens (including phenoxy) is 1. The molecule has 5 heteroatoms. The first kappa shape index (κ1) is 16.8. The fraction of sp³-hybridized carbons (Fsp3) is 0.368. The Bertz CT molecular complexity index is 787. The number of Topliss-reactive ketones (excluding diaryl/α,β-unsaturated/α-hetero) is 2. The van der Waals surface area contributed by atoms with Crippen molar-refractivity contribution >= 4 is 23.2 Å². The molecule has 1 aromatic rings. The van der Waals surface area contributed by atoms with Crippen molar-refractivity contribution in [3.05, 3.63) is 57.6 Å². The molecule has 0 spiro atoms. The van der Waals surface area contributed by atoms with Gasteiger partial charge in [0.05, 0.1) is 5.57 Å². The fourth-order valence-electron chi connectivity index (χ4n) is 3.53. The number of nitrogens with two attached hydrogens (primary N) is 1. The van der Waals surface area contributed by atoms with Crippen molar-refractivity contribution in [3.8, 4) is 0 Å². The Labute approximate surface area is 146 Å². The van der Waals surface area contributed by atoms with Gasteiger partial charge in [0.2, 0.25) is 0 Å². The van der Waals surface area contributed by atoms with E-state index in [0.29, 0.717) is 34.8 Å². The summed E-state index contributed by atoms with van der Waals surface area (Å²) in [6, 6.07) is 7.15. The molecular weight excluding hydrogens is 326 g/mol. The second kappa shape index (κ2) is 5.78. The summed E-state index contributed by atoms with van der Waals surface area (Å²) in [7, 11) is 0. The van der Waals surface area contributed by atoms with E-state index >= 15 is 0 Å². The van der Waals surface area contributed by atoms with E-state index in [-0.39, 0.29) is 22.9 Å². The molecule has 1 atom stereocenters. The van der Waals surface area contributed by atoms with Gasteiger partial charge in [-0.25, -0.2) is 0 Å². The maximum Gasteiger partial charge on any atom is 0.198 e. The van der Waals surface area contributed by atoms with Crippen molar-refractivity contribution in [2.24, 2.45) is 11.1 Å². The van der Waals surface area contributed by atoms with Crippen molar-refractivity contribution in [2.45, 2.75) is 39.5 Å².